The minimum absolute atomic E-state index is 0.260. The Morgan fingerprint density at radius 2 is 2.10 bits per heavy atom. The summed E-state index contributed by atoms with van der Waals surface area (Å²) >= 11 is 0. The van der Waals surface area contributed by atoms with Gasteiger partial charge in [-0.15, -0.1) is 0 Å². The summed E-state index contributed by atoms with van der Waals surface area (Å²) in [6.45, 7) is 4.17. The average molecular weight is 292 g/mol. The molecule has 0 aromatic carbocycles. The van der Waals surface area contributed by atoms with E-state index in [0.29, 0.717) is 12.6 Å². The van der Waals surface area contributed by atoms with E-state index in [1.54, 1.807) is 4.68 Å². The third kappa shape index (κ3) is 4.56. The highest BCUT2D eigenvalue weighted by molar-refractivity contribution is 5.78. The fraction of sp³-hybridized carbons (Fsp3) is 0.750. The number of aromatic nitrogens is 2. The predicted octanol–water partition coefficient (Wildman–Crippen LogP) is 2.03. The van der Waals surface area contributed by atoms with Crippen LogP contribution >= 0.6 is 0 Å². The smallest absolute Gasteiger partial charge is 0.236 e. The van der Waals surface area contributed by atoms with Gasteiger partial charge in [-0.1, -0.05) is 19.3 Å². The third-order valence-corrected chi connectivity index (χ3v) is 4.29. The standard InChI is InChI=1S/C16H28N4O/c1-4-20(15-8-6-5-7-9-15)16(21)13-18(2)11-14-10-17-19(3)12-14/h10,12,15H,4-9,11,13H2,1-3H3. The molecule has 0 spiro atoms. The molecule has 0 atom stereocenters. The van der Waals surface area contributed by atoms with Gasteiger partial charge in [0.25, 0.3) is 0 Å². The fourth-order valence-electron chi connectivity index (χ4n) is 3.27. The second-order valence-corrected chi connectivity index (χ2v) is 6.17. The Labute approximate surface area is 127 Å². The van der Waals surface area contributed by atoms with E-state index in [1.807, 2.05) is 26.5 Å². The second-order valence-electron chi connectivity index (χ2n) is 6.17. The summed E-state index contributed by atoms with van der Waals surface area (Å²) in [5, 5.41) is 4.17. The number of hydrogen-bond acceptors (Lipinski definition) is 3. The van der Waals surface area contributed by atoms with Crippen LogP contribution in [-0.2, 0) is 18.4 Å². The SMILES string of the molecule is CCN(C(=O)CN(C)Cc1cnn(C)c1)C1CCCCC1. The Balaban J connectivity index is 1.85. The van der Waals surface area contributed by atoms with Gasteiger partial charge in [-0.25, -0.2) is 0 Å². The second kappa shape index (κ2) is 7.59. The van der Waals surface area contributed by atoms with Crippen LogP contribution in [0.3, 0.4) is 0 Å². The molecule has 1 heterocycles. The molecule has 2 rings (SSSR count). The summed E-state index contributed by atoms with van der Waals surface area (Å²) in [6, 6.07) is 0.461. The van der Waals surface area contributed by atoms with Gasteiger partial charge in [-0.2, -0.15) is 5.10 Å². The van der Waals surface area contributed by atoms with E-state index in [1.165, 1.54) is 32.1 Å². The van der Waals surface area contributed by atoms with Crippen molar-refractivity contribution in [1.29, 1.82) is 0 Å². The summed E-state index contributed by atoms with van der Waals surface area (Å²) in [5.41, 5.74) is 1.15. The molecule has 0 unspecified atom stereocenters. The molecule has 5 heteroatoms. The predicted molar refractivity (Wildman–Crippen MR) is 83.8 cm³/mol. The van der Waals surface area contributed by atoms with Crippen LogP contribution in [0.1, 0.15) is 44.6 Å². The number of amides is 1. The van der Waals surface area contributed by atoms with Crippen LogP contribution in [0.2, 0.25) is 0 Å². The molecule has 1 aliphatic carbocycles. The van der Waals surface area contributed by atoms with Crippen molar-refractivity contribution in [2.75, 3.05) is 20.1 Å². The van der Waals surface area contributed by atoms with E-state index < -0.39 is 0 Å². The zero-order valence-corrected chi connectivity index (χ0v) is 13.6. The van der Waals surface area contributed by atoms with E-state index in [0.717, 1.165) is 18.7 Å². The lowest BCUT2D eigenvalue weighted by Crippen LogP contribution is -2.45. The van der Waals surface area contributed by atoms with Crippen LogP contribution in [0.5, 0.6) is 0 Å². The van der Waals surface area contributed by atoms with Crippen LogP contribution < -0.4 is 0 Å². The van der Waals surface area contributed by atoms with Crippen LogP contribution in [0.25, 0.3) is 0 Å². The van der Waals surface area contributed by atoms with Gasteiger partial charge in [0.05, 0.1) is 12.7 Å². The minimum atomic E-state index is 0.260. The first-order valence-corrected chi connectivity index (χ1v) is 8.05. The lowest BCUT2D eigenvalue weighted by Gasteiger charge is -2.34. The number of carbonyl (C=O) groups is 1. The van der Waals surface area contributed by atoms with Gasteiger partial charge < -0.3 is 4.90 Å². The summed E-state index contributed by atoms with van der Waals surface area (Å²) in [7, 11) is 3.91. The van der Waals surface area contributed by atoms with Crippen LogP contribution in [0.15, 0.2) is 12.4 Å². The maximum atomic E-state index is 12.5. The summed E-state index contributed by atoms with van der Waals surface area (Å²) in [6.07, 6.45) is 10.1. The topological polar surface area (TPSA) is 41.4 Å². The van der Waals surface area contributed by atoms with Gasteiger partial charge in [-0.05, 0) is 26.8 Å². The fourth-order valence-corrected chi connectivity index (χ4v) is 3.27. The Kier molecular flexibility index (Phi) is 5.79. The lowest BCUT2D eigenvalue weighted by molar-refractivity contribution is -0.135. The van der Waals surface area contributed by atoms with Crippen molar-refractivity contribution >= 4 is 5.91 Å². The molecule has 0 N–H and O–H groups in total. The molecule has 1 fully saturated rings. The summed E-state index contributed by atoms with van der Waals surface area (Å²) < 4.78 is 1.80. The Bertz CT molecular complexity index is 451. The van der Waals surface area contributed by atoms with Crippen molar-refractivity contribution in [1.82, 2.24) is 19.6 Å². The average Bonchev–Trinajstić information content (AvgIpc) is 2.85. The molecule has 1 saturated carbocycles. The first-order valence-electron chi connectivity index (χ1n) is 8.05. The molecule has 118 valence electrons. The Morgan fingerprint density at radius 3 is 2.67 bits per heavy atom. The van der Waals surface area contributed by atoms with Gasteiger partial charge in [0, 0.05) is 37.9 Å². The van der Waals surface area contributed by atoms with Gasteiger partial charge in [0.15, 0.2) is 0 Å². The summed E-state index contributed by atoms with van der Waals surface area (Å²) in [4.78, 5) is 16.7. The van der Waals surface area contributed by atoms with Gasteiger partial charge in [0.2, 0.25) is 5.91 Å². The molecular formula is C16H28N4O. The molecule has 1 amide bonds. The molecule has 0 radical (unpaired) electrons. The van der Waals surface area contributed by atoms with E-state index in [2.05, 4.69) is 21.8 Å². The van der Waals surface area contributed by atoms with Crippen molar-refractivity contribution in [2.24, 2.45) is 7.05 Å². The molecule has 1 aromatic rings. The quantitative estimate of drug-likeness (QED) is 0.805. The molecule has 0 aliphatic heterocycles. The van der Waals surface area contributed by atoms with Crippen LogP contribution in [0.4, 0.5) is 0 Å². The number of aryl methyl sites for hydroxylation is 1. The van der Waals surface area contributed by atoms with Gasteiger partial charge in [0.1, 0.15) is 0 Å². The monoisotopic (exact) mass is 292 g/mol. The first-order chi connectivity index (χ1) is 10.1. The minimum Gasteiger partial charge on any atom is -0.339 e. The molecule has 1 aliphatic rings. The molecule has 0 bridgehead atoms. The summed E-state index contributed by atoms with van der Waals surface area (Å²) in [5.74, 6) is 0.260. The van der Waals surface area contributed by atoms with Crippen LogP contribution in [0, 0.1) is 0 Å². The highest BCUT2D eigenvalue weighted by Gasteiger charge is 2.24. The highest BCUT2D eigenvalue weighted by Crippen LogP contribution is 2.22. The molecule has 5 nitrogen and oxygen atoms in total. The molecule has 21 heavy (non-hydrogen) atoms. The van der Waals surface area contributed by atoms with E-state index in [9.17, 15) is 4.79 Å². The van der Waals surface area contributed by atoms with Gasteiger partial charge >= 0.3 is 0 Å². The van der Waals surface area contributed by atoms with Crippen molar-refractivity contribution in [3.05, 3.63) is 18.0 Å². The number of nitrogens with zero attached hydrogens (tertiary/aromatic N) is 4. The Morgan fingerprint density at radius 1 is 1.38 bits per heavy atom. The molecular weight excluding hydrogens is 264 g/mol. The highest BCUT2D eigenvalue weighted by atomic mass is 16.2. The maximum Gasteiger partial charge on any atom is 0.236 e. The Hall–Kier alpha value is -1.36. The zero-order chi connectivity index (χ0) is 15.2. The van der Waals surface area contributed by atoms with E-state index >= 15 is 0 Å². The number of carbonyl (C=O) groups excluding carboxylic acids is 1. The lowest BCUT2D eigenvalue weighted by atomic mass is 9.94. The zero-order valence-electron chi connectivity index (χ0n) is 13.6. The first kappa shape index (κ1) is 16.0. The van der Waals surface area contributed by atoms with Crippen molar-refractivity contribution in [3.63, 3.8) is 0 Å². The largest absolute Gasteiger partial charge is 0.339 e. The van der Waals surface area contributed by atoms with Crippen molar-refractivity contribution in [2.45, 2.75) is 51.6 Å². The third-order valence-electron chi connectivity index (χ3n) is 4.29. The normalized spacial score (nSPS) is 16.4. The van der Waals surface area contributed by atoms with Crippen LogP contribution in [-0.4, -0.2) is 51.7 Å². The van der Waals surface area contributed by atoms with E-state index in [4.69, 9.17) is 0 Å². The maximum absolute atomic E-state index is 12.5. The number of likely N-dealkylation sites (N-methyl/N-ethyl adjacent to an activating group) is 2. The van der Waals surface area contributed by atoms with Crippen molar-refractivity contribution < 1.29 is 4.79 Å². The number of rotatable bonds is 6. The van der Waals surface area contributed by atoms with Gasteiger partial charge in [-0.3, -0.25) is 14.4 Å². The van der Waals surface area contributed by atoms with E-state index in [-0.39, 0.29) is 5.91 Å². The number of hydrogen-bond donors (Lipinski definition) is 0. The molecule has 0 saturated heterocycles. The van der Waals surface area contributed by atoms with Crippen molar-refractivity contribution in [3.8, 4) is 0 Å². The molecule has 1 aromatic heterocycles.